The molecule has 1 saturated carbocycles. The topological polar surface area (TPSA) is 92.5 Å². The minimum atomic E-state index is -0.578. The number of imide groups is 1. The minimum absolute atomic E-state index is 0.0282. The van der Waals surface area contributed by atoms with Crippen LogP contribution in [-0.4, -0.2) is 41.8 Å². The predicted octanol–water partition coefficient (Wildman–Crippen LogP) is -0.375. The number of carbonyl (C=O) groups is 3. The molecular weight excluding hydrogens is 246 g/mol. The molecule has 0 aromatic carbocycles. The lowest BCUT2D eigenvalue weighted by Crippen LogP contribution is -2.60. The highest BCUT2D eigenvalue weighted by Crippen LogP contribution is 2.31. The summed E-state index contributed by atoms with van der Waals surface area (Å²) in [6, 6.07) is -0.578. The number of hydrogen-bond donors (Lipinski definition) is 2. The first kappa shape index (κ1) is 14.0. The second-order valence-corrected chi connectivity index (χ2v) is 5.44. The van der Waals surface area contributed by atoms with Crippen LogP contribution in [0.4, 0.5) is 0 Å². The van der Waals surface area contributed by atoms with Crippen molar-refractivity contribution in [2.75, 3.05) is 13.1 Å². The van der Waals surface area contributed by atoms with Crippen LogP contribution in [0.25, 0.3) is 0 Å². The van der Waals surface area contributed by atoms with Gasteiger partial charge in [-0.25, -0.2) is 0 Å². The number of nitrogens with two attached hydrogens (primary N) is 1. The van der Waals surface area contributed by atoms with E-state index in [1.54, 1.807) is 6.92 Å². The van der Waals surface area contributed by atoms with Gasteiger partial charge < -0.3 is 10.6 Å². The molecule has 3 amide bonds. The first-order valence-corrected chi connectivity index (χ1v) is 6.88. The molecule has 0 aromatic rings. The zero-order valence-corrected chi connectivity index (χ0v) is 11.2. The normalized spacial score (nSPS) is 32.1. The molecule has 1 aliphatic heterocycles. The lowest BCUT2D eigenvalue weighted by Gasteiger charge is -2.38. The summed E-state index contributed by atoms with van der Waals surface area (Å²) in [6.07, 6.45) is 3.87. The molecule has 1 aliphatic carbocycles. The van der Waals surface area contributed by atoms with Crippen LogP contribution in [0, 0.1) is 11.8 Å². The summed E-state index contributed by atoms with van der Waals surface area (Å²) in [7, 11) is 0. The van der Waals surface area contributed by atoms with Gasteiger partial charge in [0.05, 0.1) is 0 Å². The van der Waals surface area contributed by atoms with E-state index in [0.717, 1.165) is 25.7 Å². The van der Waals surface area contributed by atoms with E-state index in [1.165, 1.54) is 4.90 Å². The maximum absolute atomic E-state index is 12.6. The van der Waals surface area contributed by atoms with Crippen LogP contribution in [0.1, 0.15) is 32.6 Å². The zero-order valence-electron chi connectivity index (χ0n) is 11.2. The highest BCUT2D eigenvalue weighted by Gasteiger charge is 2.39. The lowest BCUT2D eigenvalue weighted by molar-refractivity contribution is -0.153. The fraction of sp³-hybridized carbons (Fsp3) is 0.769. The van der Waals surface area contributed by atoms with E-state index in [0.29, 0.717) is 6.54 Å². The van der Waals surface area contributed by atoms with Crippen molar-refractivity contribution in [3.8, 4) is 0 Å². The van der Waals surface area contributed by atoms with E-state index < -0.39 is 17.9 Å². The summed E-state index contributed by atoms with van der Waals surface area (Å²) in [6.45, 7) is 2.11. The Morgan fingerprint density at radius 1 is 1.37 bits per heavy atom. The maximum Gasteiger partial charge on any atom is 0.249 e. The molecule has 6 nitrogen and oxygen atoms in total. The first-order chi connectivity index (χ1) is 9.04. The first-order valence-electron chi connectivity index (χ1n) is 6.88. The predicted molar refractivity (Wildman–Crippen MR) is 68.8 cm³/mol. The Bertz CT molecular complexity index is 397. The molecule has 19 heavy (non-hydrogen) atoms. The number of nitrogens with zero attached hydrogens (tertiary/aromatic N) is 1. The van der Waals surface area contributed by atoms with Crippen LogP contribution < -0.4 is 11.1 Å². The van der Waals surface area contributed by atoms with Gasteiger partial charge in [0.2, 0.25) is 17.7 Å². The minimum Gasteiger partial charge on any atom is -0.330 e. The van der Waals surface area contributed by atoms with E-state index in [9.17, 15) is 14.4 Å². The molecule has 2 fully saturated rings. The van der Waals surface area contributed by atoms with Gasteiger partial charge in [0.25, 0.3) is 0 Å². The van der Waals surface area contributed by atoms with Gasteiger partial charge in [0.15, 0.2) is 0 Å². The smallest absolute Gasteiger partial charge is 0.249 e. The molecular formula is C13H21N3O3. The van der Waals surface area contributed by atoms with Gasteiger partial charge in [0, 0.05) is 5.92 Å². The molecule has 1 heterocycles. The number of rotatable bonds is 2. The molecule has 3 N–H and O–H groups in total. The molecule has 2 rings (SSSR count). The second kappa shape index (κ2) is 5.69. The summed E-state index contributed by atoms with van der Waals surface area (Å²) in [5, 5.41) is 2.25. The summed E-state index contributed by atoms with van der Waals surface area (Å²) in [5.41, 5.74) is 5.73. The van der Waals surface area contributed by atoms with E-state index in [-0.39, 0.29) is 24.3 Å². The molecule has 0 radical (unpaired) electrons. The molecule has 2 aliphatic rings. The van der Waals surface area contributed by atoms with Crippen molar-refractivity contribution < 1.29 is 14.4 Å². The average molecular weight is 267 g/mol. The largest absolute Gasteiger partial charge is 0.330 e. The van der Waals surface area contributed by atoms with E-state index in [1.807, 2.05) is 0 Å². The van der Waals surface area contributed by atoms with Gasteiger partial charge in [0.1, 0.15) is 12.6 Å². The zero-order chi connectivity index (χ0) is 14.0. The number of piperazine rings is 1. The number of carbonyl (C=O) groups excluding carboxylic acids is 3. The quantitative estimate of drug-likeness (QED) is 0.667. The molecule has 6 heteroatoms. The van der Waals surface area contributed by atoms with E-state index in [2.05, 4.69) is 5.32 Å². The lowest BCUT2D eigenvalue weighted by atomic mass is 9.78. The third-order valence-electron chi connectivity index (χ3n) is 4.24. The van der Waals surface area contributed by atoms with Crippen molar-refractivity contribution >= 4 is 17.7 Å². The molecule has 1 saturated heterocycles. The van der Waals surface area contributed by atoms with Gasteiger partial charge in [-0.05, 0) is 32.2 Å². The number of hydrogen-bond acceptors (Lipinski definition) is 4. The van der Waals surface area contributed by atoms with Gasteiger partial charge in [-0.15, -0.1) is 0 Å². The fourth-order valence-corrected chi connectivity index (χ4v) is 3.01. The standard InChI is InChI=1S/C13H21N3O3/c1-8-12(18)15-11(17)7-16(8)13(19)10-5-3-2-4-9(10)6-14/h8-10H,2-7,14H2,1H3,(H,15,17,18). The summed E-state index contributed by atoms with van der Waals surface area (Å²) in [5.74, 6) is -0.861. The van der Waals surface area contributed by atoms with Gasteiger partial charge in [-0.2, -0.15) is 0 Å². The molecule has 3 unspecified atom stereocenters. The van der Waals surface area contributed by atoms with Gasteiger partial charge in [-0.3, -0.25) is 19.7 Å². The SMILES string of the molecule is CC1C(=O)NC(=O)CN1C(=O)C1CCCCC1CN. The van der Waals surface area contributed by atoms with Crippen molar-refractivity contribution in [2.24, 2.45) is 17.6 Å². The van der Waals surface area contributed by atoms with Crippen molar-refractivity contribution in [1.82, 2.24) is 10.2 Å². The number of nitrogens with one attached hydrogen (secondary N) is 1. The van der Waals surface area contributed by atoms with Gasteiger partial charge >= 0.3 is 0 Å². The van der Waals surface area contributed by atoms with Crippen LogP contribution in [0.15, 0.2) is 0 Å². The average Bonchev–Trinajstić information content (AvgIpc) is 2.42. The van der Waals surface area contributed by atoms with Crippen molar-refractivity contribution in [3.05, 3.63) is 0 Å². The Labute approximate surface area is 112 Å². The third-order valence-corrected chi connectivity index (χ3v) is 4.24. The van der Waals surface area contributed by atoms with Crippen molar-refractivity contribution in [2.45, 2.75) is 38.6 Å². The van der Waals surface area contributed by atoms with Crippen molar-refractivity contribution in [3.63, 3.8) is 0 Å². The van der Waals surface area contributed by atoms with Crippen LogP contribution in [0.5, 0.6) is 0 Å². The Morgan fingerprint density at radius 2 is 2.05 bits per heavy atom. The molecule has 0 bridgehead atoms. The summed E-state index contributed by atoms with van der Waals surface area (Å²) < 4.78 is 0. The molecule has 3 atom stereocenters. The van der Waals surface area contributed by atoms with E-state index in [4.69, 9.17) is 5.73 Å². The summed E-state index contributed by atoms with van der Waals surface area (Å²) in [4.78, 5) is 37.0. The van der Waals surface area contributed by atoms with Crippen LogP contribution in [-0.2, 0) is 14.4 Å². The number of amides is 3. The van der Waals surface area contributed by atoms with Crippen LogP contribution in [0.2, 0.25) is 0 Å². The maximum atomic E-state index is 12.6. The Morgan fingerprint density at radius 3 is 2.74 bits per heavy atom. The summed E-state index contributed by atoms with van der Waals surface area (Å²) >= 11 is 0. The van der Waals surface area contributed by atoms with Crippen LogP contribution in [0.3, 0.4) is 0 Å². The van der Waals surface area contributed by atoms with E-state index >= 15 is 0 Å². The molecule has 106 valence electrons. The Kier molecular flexibility index (Phi) is 4.19. The van der Waals surface area contributed by atoms with Crippen LogP contribution >= 0.6 is 0 Å². The molecule has 0 spiro atoms. The second-order valence-electron chi connectivity index (χ2n) is 5.44. The molecule has 0 aromatic heterocycles. The Hall–Kier alpha value is -1.43. The van der Waals surface area contributed by atoms with Crippen molar-refractivity contribution in [1.29, 1.82) is 0 Å². The third kappa shape index (κ3) is 2.78. The Balaban J connectivity index is 2.12. The highest BCUT2D eigenvalue weighted by atomic mass is 16.2. The monoisotopic (exact) mass is 267 g/mol. The van der Waals surface area contributed by atoms with Gasteiger partial charge in [-0.1, -0.05) is 12.8 Å². The highest BCUT2D eigenvalue weighted by molar-refractivity contribution is 6.04. The fourth-order valence-electron chi connectivity index (χ4n) is 3.01.